The number of hydrogen-bond donors (Lipinski definition) is 0. The number of aromatic nitrogens is 1. The van der Waals surface area contributed by atoms with E-state index in [-0.39, 0.29) is 18.4 Å². The van der Waals surface area contributed by atoms with Gasteiger partial charge in [0.25, 0.3) is 5.91 Å². The number of nitrogens with zero attached hydrogens (tertiary/aromatic N) is 3. The molecular formula is C25H25N3O4S. The molecule has 1 fully saturated rings. The molecular weight excluding hydrogens is 438 g/mol. The molecule has 0 N–H and O–H groups in total. The van der Waals surface area contributed by atoms with Crippen molar-refractivity contribution in [3.63, 3.8) is 0 Å². The van der Waals surface area contributed by atoms with Gasteiger partial charge in [0.2, 0.25) is 0 Å². The maximum atomic E-state index is 13.1. The van der Waals surface area contributed by atoms with Gasteiger partial charge in [-0.25, -0.2) is 4.99 Å². The number of amidine groups is 1. The number of methoxy groups -OCH3 is 1. The average Bonchev–Trinajstić information content (AvgIpc) is 3.31. The van der Waals surface area contributed by atoms with E-state index in [9.17, 15) is 9.59 Å². The summed E-state index contributed by atoms with van der Waals surface area (Å²) in [7, 11) is 1.62. The van der Waals surface area contributed by atoms with E-state index in [1.807, 2.05) is 72.3 Å². The van der Waals surface area contributed by atoms with E-state index < -0.39 is 0 Å². The van der Waals surface area contributed by atoms with Crippen molar-refractivity contribution in [1.29, 1.82) is 0 Å². The molecule has 1 saturated heterocycles. The third-order valence-corrected chi connectivity index (χ3v) is 6.22. The van der Waals surface area contributed by atoms with Crippen molar-refractivity contribution >= 4 is 51.5 Å². The fraction of sp³-hybridized carbons (Fsp3) is 0.240. The maximum absolute atomic E-state index is 13.1. The van der Waals surface area contributed by atoms with E-state index >= 15 is 0 Å². The number of rotatable bonds is 7. The van der Waals surface area contributed by atoms with Crippen molar-refractivity contribution in [2.75, 3.05) is 20.3 Å². The molecule has 0 aliphatic carbocycles. The standard InChI is InChI=1S/C25H25N3O4S/c1-4-28-24(30)22(33-25(28)26-18-10-12-19(31-3)13-11-18)14-17-15-27(16-23(29)32-5-2)21-9-7-6-8-20(17)21/h6-15H,4-5,16H2,1-3H3/b22-14+,26-25?. The molecule has 0 atom stereocenters. The summed E-state index contributed by atoms with van der Waals surface area (Å²) in [5, 5.41) is 1.60. The predicted octanol–water partition coefficient (Wildman–Crippen LogP) is 4.84. The van der Waals surface area contributed by atoms with Gasteiger partial charge in [0.1, 0.15) is 12.3 Å². The van der Waals surface area contributed by atoms with Crippen LogP contribution in [0.2, 0.25) is 0 Å². The van der Waals surface area contributed by atoms with Gasteiger partial charge in [0.15, 0.2) is 5.17 Å². The zero-order valence-corrected chi connectivity index (χ0v) is 19.6. The Hall–Kier alpha value is -3.52. The third-order valence-electron chi connectivity index (χ3n) is 5.21. The average molecular weight is 464 g/mol. The summed E-state index contributed by atoms with van der Waals surface area (Å²) in [6.45, 7) is 4.68. The number of likely N-dealkylation sites (N-methyl/N-ethyl adjacent to an activating group) is 1. The second kappa shape index (κ2) is 9.95. The minimum Gasteiger partial charge on any atom is -0.497 e. The van der Waals surface area contributed by atoms with Gasteiger partial charge in [-0.3, -0.25) is 14.5 Å². The molecule has 170 valence electrons. The van der Waals surface area contributed by atoms with Crippen LogP contribution in [0.4, 0.5) is 5.69 Å². The Bertz CT molecular complexity index is 1240. The monoisotopic (exact) mass is 463 g/mol. The number of aliphatic imine (C=N–C) groups is 1. The van der Waals surface area contributed by atoms with Gasteiger partial charge in [-0.2, -0.15) is 0 Å². The quantitative estimate of drug-likeness (QED) is 0.370. The van der Waals surface area contributed by atoms with Crippen LogP contribution in [0.5, 0.6) is 5.75 Å². The highest BCUT2D eigenvalue weighted by atomic mass is 32.2. The molecule has 2 heterocycles. The smallest absolute Gasteiger partial charge is 0.325 e. The van der Waals surface area contributed by atoms with Crippen LogP contribution in [0, 0.1) is 0 Å². The van der Waals surface area contributed by atoms with Crippen LogP contribution >= 0.6 is 11.8 Å². The molecule has 0 unspecified atom stereocenters. The first-order valence-corrected chi connectivity index (χ1v) is 11.5. The van der Waals surface area contributed by atoms with E-state index in [0.29, 0.717) is 23.2 Å². The number of hydrogen-bond acceptors (Lipinski definition) is 6. The van der Waals surface area contributed by atoms with Crippen LogP contribution < -0.4 is 4.74 Å². The van der Waals surface area contributed by atoms with Gasteiger partial charge >= 0.3 is 5.97 Å². The molecule has 1 aliphatic heterocycles. The SMILES string of the molecule is CCOC(=O)Cn1cc(/C=C2/SC(=Nc3ccc(OC)cc3)N(CC)C2=O)c2ccccc21. The number of carbonyl (C=O) groups is 2. The summed E-state index contributed by atoms with van der Waals surface area (Å²) < 4.78 is 12.2. The van der Waals surface area contributed by atoms with E-state index in [1.165, 1.54) is 11.8 Å². The van der Waals surface area contributed by atoms with Crippen molar-refractivity contribution in [3.8, 4) is 5.75 Å². The molecule has 3 aromatic rings. The molecule has 8 heteroatoms. The molecule has 33 heavy (non-hydrogen) atoms. The molecule has 0 spiro atoms. The first-order valence-electron chi connectivity index (χ1n) is 10.7. The van der Waals surface area contributed by atoms with Crippen LogP contribution in [0.1, 0.15) is 19.4 Å². The number of esters is 1. The van der Waals surface area contributed by atoms with Gasteiger partial charge in [-0.1, -0.05) is 18.2 Å². The van der Waals surface area contributed by atoms with Crippen molar-refractivity contribution in [2.45, 2.75) is 20.4 Å². The van der Waals surface area contributed by atoms with Gasteiger partial charge in [0.05, 0.1) is 24.3 Å². The van der Waals surface area contributed by atoms with Crippen LogP contribution in [-0.2, 0) is 20.9 Å². The third kappa shape index (κ3) is 4.80. The molecule has 4 rings (SSSR count). The van der Waals surface area contributed by atoms with E-state index in [1.54, 1.807) is 18.9 Å². The number of amides is 1. The Morgan fingerprint density at radius 1 is 1.12 bits per heavy atom. The molecule has 1 aromatic heterocycles. The van der Waals surface area contributed by atoms with Crippen LogP contribution in [-0.4, -0.2) is 46.8 Å². The summed E-state index contributed by atoms with van der Waals surface area (Å²) in [6, 6.07) is 15.2. The van der Waals surface area contributed by atoms with Gasteiger partial charge in [-0.05, 0) is 62.0 Å². The summed E-state index contributed by atoms with van der Waals surface area (Å²) >= 11 is 1.35. The molecule has 1 amide bonds. The molecule has 1 aliphatic rings. The first-order chi connectivity index (χ1) is 16.0. The molecule has 0 saturated carbocycles. The van der Waals surface area contributed by atoms with Crippen LogP contribution in [0.25, 0.3) is 17.0 Å². The Labute approximate surface area is 196 Å². The van der Waals surface area contributed by atoms with Crippen LogP contribution in [0.15, 0.2) is 64.6 Å². The lowest BCUT2D eigenvalue weighted by Crippen LogP contribution is -2.28. The molecule has 7 nitrogen and oxygen atoms in total. The largest absolute Gasteiger partial charge is 0.497 e. The van der Waals surface area contributed by atoms with E-state index in [2.05, 4.69) is 4.99 Å². The number of fused-ring (bicyclic) bond motifs is 1. The Morgan fingerprint density at radius 3 is 2.58 bits per heavy atom. The highest BCUT2D eigenvalue weighted by molar-refractivity contribution is 8.18. The van der Waals surface area contributed by atoms with Gasteiger partial charge in [-0.15, -0.1) is 0 Å². The van der Waals surface area contributed by atoms with E-state index in [0.717, 1.165) is 27.9 Å². The zero-order valence-electron chi connectivity index (χ0n) is 18.8. The Morgan fingerprint density at radius 2 is 1.88 bits per heavy atom. The minimum atomic E-state index is -0.296. The lowest BCUT2D eigenvalue weighted by atomic mass is 10.1. The van der Waals surface area contributed by atoms with Crippen molar-refractivity contribution in [3.05, 3.63) is 65.2 Å². The van der Waals surface area contributed by atoms with Crippen molar-refractivity contribution in [1.82, 2.24) is 9.47 Å². The fourth-order valence-corrected chi connectivity index (χ4v) is 4.70. The van der Waals surface area contributed by atoms with Gasteiger partial charge in [0, 0.05) is 29.2 Å². The number of thioether (sulfide) groups is 1. The number of ether oxygens (including phenoxy) is 2. The van der Waals surface area contributed by atoms with Crippen molar-refractivity contribution < 1.29 is 19.1 Å². The Balaban J connectivity index is 1.68. The fourth-order valence-electron chi connectivity index (χ4n) is 3.65. The molecule has 0 bridgehead atoms. The summed E-state index contributed by atoms with van der Waals surface area (Å²) in [5.74, 6) is 0.369. The summed E-state index contributed by atoms with van der Waals surface area (Å²) in [5.41, 5.74) is 2.52. The normalized spacial score (nSPS) is 16.2. The number of para-hydroxylation sites is 1. The van der Waals surface area contributed by atoms with Gasteiger partial charge < -0.3 is 14.0 Å². The van der Waals surface area contributed by atoms with Crippen molar-refractivity contribution in [2.24, 2.45) is 4.99 Å². The lowest BCUT2D eigenvalue weighted by Gasteiger charge is -2.12. The summed E-state index contributed by atoms with van der Waals surface area (Å²) in [4.78, 5) is 32.1. The number of carbonyl (C=O) groups excluding carboxylic acids is 2. The highest BCUT2D eigenvalue weighted by Gasteiger charge is 2.32. The molecule has 0 radical (unpaired) electrons. The lowest BCUT2D eigenvalue weighted by molar-refractivity contribution is -0.143. The second-order valence-corrected chi connectivity index (χ2v) is 8.30. The first kappa shape index (κ1) is 22.7. The topological polar surface area (TPSA) is 73.1 Å². The maximum Gasteiger partial charge on any atom is 0.325 e. The summed E-state index contributed by atoms with van der Waals surface area (Å²) in [6.07, 6.45) is 3.76. The highest BCUT2D eigenvalue weighted by Crippen LogP contribution is 2.35. The Kier molecular flexibility index (Phi) is 6.84. The van der Waals surface area contributed by atoms with E-state index in [4.69, 9.17) is 9.47 Å². The molecule has 2 aromatic carbocycles. The number of benzene rings is 2. The predicted molar refractivity (Wildman–Crippen MR) is 132 cm³/mol. The van der Waals surface area contributed by atoms with Crippen LogP contribution in [0.3, 0.4) is 0 Å². The second-order valence-electron chi connectivity index (χ2n) is 7.29. The minimum absolute atomic E-state index is 0.0861. The zero-order chi connectivity index (χ0) is 23.4.